The summed E-state index contributed by atoms with van der Waals surface area (Å²) in [4.78, 5) is 29.3. The predicted molar refractivity (Wildman–Crippen MR) is 146 cm³/mol. The number of nitrogens with one attached hydrogen (secondary N) is 1. The monoisotopic (exact) mass is 503 g/mol. The summed E-state index contributed by atoms with van der Waals surface area (Å²) in [6.07, 6.45) is 0.831. The zero-order chi connectivity index (χ0) is 25.7. The Labute approximate surface area is 213 Å². The molecule has 186 valence electrons. The summed E-state index contributed by atoms with van der Waals surface area (Å²) in [6, 6.07) is 16.2. The summed E-state index contributed by atoms with van der Waals surface area (Å²) in [5, 5.41) is 11.3. The molecule has 0 radical (unpaired) electrons. The van der Waals surface area contributed by atoms with Gasteiger partial charge in [-0.2, -0.15) is 5.10 Å². The van der Waals surface area contributed by atoms with E-state index in [-0.39, 0.29) is 5.91 Å². The number of hydrogen-bond donors (Lipinski definition) is 3. The number of piperazine rings is 1. The number of hydrogen-bond acceptors (Lipinski definition) is 7. The zero-order valence-corrected chi connectivity index (χ0v) is 21.1. The Kier molecular flexibility index (Phi) is 7.65. The average molecular weight is 504 g/mol. The van der Waals surface area contributed by atoms with Crippen molar-refractivity contribution in [1.82, 2.24) is 14.8 Å². The number of benzene rings is 2. The first kappa shape index (κ1) is 24.9. The number of amides is 2. The number of anilines is 2. The first-order valence-electron chi connectivity index (χ1n) is 11.5. The van der Waals surface area contributed by atoms with Gasteiger partial charge in [-0.1, -0.05) is 24.3 Å². The van der Waals surface area contributed by atoms with Crippen LogP contribution in [0.15, 0.2) is 59.0 Å². The van der Waals surface area contributed by atoms with E-state index in [2.05, 4.69) is 40.9 Å². The summed E-state index contributed by atoms with van der Waals surface area (Å²) >= 11 is 1.70. The van der Waals surface area contributed by atoms with Crippen LogP contribution in [0.3, 0.4) is 0 Å². The fourth-order valence-electron chi connectivity index (χ4n) is 4.03. The Morgan fingerprint density at radius 1 is 1.11 bits per heavy atom. The smallest absolute Gasteiger partial charge is 0.219 e. The van der Waals surface area contributed by atoms with E-state index < -0.39 is 0 Å². The molecule has 0 bridgehead atoms. The van der Waals surface area contributed by atoms with Crippen molar-refractivity contribution in [2.75, 3.05) is 31.5 Å². The lowest BCUT2D eigenvalue weighted by Crippen LogP contribution is -2.47. The predicted octanol–water partition coefficient (Wildman–Crippen LogP) is 3.39. The fraction of sp³-hybridized carbons (Fsp3) is 0.231. The maximum atomic E-state index is 10.8. The number of aryl methyl sites for hydroxylation is 1. The molecule has 1 saturated heterocycles. The van der Waals surface area contributed by atoms with Gasteiger partial charge in [0.15, 0.2) is 0 Å². The largest absolute Gasteiger partial charge is 0.382 e. The highest BCUT2D eigenvalue weighted by molar-refractivity contribution is 7.18. The highest BCUT2D eigenvalue weighted by atomic mass is 32.1. The Morgan fingerprint density at radius 2 is 1.89 bits per heavy atom. The second-order valence-corrected chi connectivity index (χ2v) is 9.43. The van der Waals surface area contributed by atoms with Crippen LogP contribution in [-0.2, 0) is 9.59 Å². The van der Waals surface area contributed by atoms with Gasteiger partial charge in [-0.05, 0) is 42.1 Å². The number of nitrogens with two attached hydrogens (primary N) is 2. The molecule has 4 aromatic rings. The van der Waals surface area contributed by atoms with Gasteiger partial charge in [-0.3, -0.25) is 9.59 Å². The Morgan fingerprint density at radius 3 is 2.56 bits per heavy atom. The maximum Gasteiger partial charge on any atom is 0.219 e. The number of hydrazone groups is 1. The third-order valence-corrected chi connectivity index (χ3v) is 6.97. The van der Waals surface area contributed by atoms with E-state index in [1.54, 1.807) is 28.1 Å². The lowest BCUT2D eigenvalue weighted by molar-refractivity contribution is -0.133. The first-order chi connectivity index (χ1) is 17.4. The maximum absolute atomic E-state index is 10.8. The number of thiophene rings is 1. The molecule has 1 fully saturated rings. The van der Waals surface area contributed by atoms with E-state index in [1.807, 2.05) is 30.3 Å². The van der Waals surface area contributed by atoms with Crippen LogP contribution in [0.1, 0.15) is 18.1 Å². The molecule has 2 amide bonds. The van der Waals surface area contributed by atoms with Crippen molar-refractivity contribution in [1.29, 1.82) is 0 Å². The molecule has 5 N–H and O–H groups in total. The van der Waals surface area contributed by atoms with Crippen molar-refractivity contribution in [3.05, 3.63) is 65.0 Å². The minimum absolute atomic E-state index is 0.0931. The summed E-state index contributed by atoms with van der Waals surface area (Å²) in [5.74, 6) is 6.52. The van der Waals surface area contributed by atoms with Crippen molar-refractivity contribution < 1.29 is 9.59 Å². The normalized spacial score (nSPS) is 13.9. The van der Waals surface area contributed by atoms with E-state index in [4.69, 9.17) is 16.6 Å². The lowest BCUT2D eigenvalue weighted by Gasteiger charge is -2.31. The number of carbonyl (C=O) groups is 2. The molecule has 9 nitrogen and oxygen atoms in total. The second-order valence-electron chi connectivity index (χ2n) is 8.51. The molecule has 0 aliphatic carbocycles. The molecule has 2 aromatic carbocycles. The molecule has 0 spiro atoms. The SMILES string of the molecule is CC(=O)N1CCN(C=O)CC1.Cc1cccc(Nc2nc3cc(/C(N)=N/N)ccc3c3sccc23)c1. The van der Waals surface area contributed by atoms with Crippen LogP contribution in [0.5, 0.6) is 0 Å². The molecule has 10 heteroatoms. The summed E-state index contributed by atoms with van der Waals surface area (Å²) in [5.41, 5.74) is 9.67. The summed E-state index contributed by atoms with van der Waals surface area (Å²) in [6.45, 7) is 6.31. The average Bonchev–Trinajstić information content (AvgIpc) is 3.39. The van der Waals surface area contributed by atoms with Crippen molar-refractivity contribution in [2.45, 2.75) is 13.8 Å². The van der Waals surface area contributed by atoms with Crippen LogP contribution in [0.4, 0.5) is 11.5 Å². The third kappa shape index (κ3) is 5.55. The number of aromatic nitrogens is 1. The molecule has 1 aliphatic heterocycles. The van der Waals surface area contributed by atoms with Crippen molar-refractivity contribution >= 4 is 62.0 Å². The molecule has 2 aromatic heterocycles. The van der Waals surface area contributed by atoms with Gasteiger partial charge < -0.3 is 26.7 Å². The number of nitrogens with zero attached hydrogens (tertiary/aromatic N) is 4. The van der Waals surface area contributed by atoms with E-state index in [0.717, 1.165) is 39.8 Å². The van der Waals surface area contributed by atoms with Crippen LogP contribution in [0, 0.1) is 6.92 Å². The molecule has 36 heavy (non-hydrogen) atoms. The molecular weight excluding hydrogens is 474 g/mol. The zero-order valence-electron chi connectivity index (χ0n) is 20.3. The number of rotatable bonds is 4. The van der Waals surface area contributed by atoms with E-state index in [0.29, 0.717) is 32.0 Å². The Bertz CT molecular complexity index is 1420. The first-order valence-corrected chi connectivity index (χ1v) is 12.4. The number of amidine groups is 1. The van der Waals surface area contributed by atoms with Gasteiger partial charge in [0.05, 0.1) is 5.52 Å². The van der Waals surface area contributed by atoms with Crippen molar-refractivity contribution in [3.8, 4) is 0 Å². The summed E-state index contributed by atoms with van der Waals surface area (Å²) < 4.78 is 1.19. The number of pyridine rings is 1. The number of carbonyl (C=O) groups excluding carboxylic acids is 2. The Balaban J connectivity index is 0.000000233. The van der Waals surface area contributed by atoms with Crippen molar-refractivity contribution in [3.63, 3.8) is 0 Å². The fourth-order valence-corrected chi connectivity index (χ4v) is 4.96. The minimum atomic E-state index is 0.0931. The molecule has 3 heterocycles. The number of fused-ring (bicyclic) bond motifs is 3. The standard InChI is InChI=1S/C19H17N5S.C7H12N2O2/c1-11-3-2-4-13(9-11)22-19-15-7-8-25-17(15)14-6-5-12(18(20)24-21)10-16(14)23-19;1-7(11)9-4-2-8(6-10)3-5-9/h2-10H,21H2,1H3,(H2,20,24)(H,22,23);6H,2-5H2,1H3. The minimum Gasteiger partial charge on any atom is -0.382 e. The Hall–Kier alpha value is -4.18. The summed E-state index contributed by atoms with van der Waals surface area (Å²) in [7, 11) is 0. The van der Waals surface area contributed by atoms with Gasteiger partial charge in [0.1, 0.15) is 11.7 Å². The highest BCUT2D eigenvalue weighted by Gasteiger charge is 2.16. The van der Waals surface area contributed by atoms with Gasteiger partial charge in [0, 0.05) is 59.8 Å². The van der Waals surface area contributed by atoms with Crippen LogP contribution < -0.4 is 16.9 Å². The van der Waals surface area contributed by atoms with Gasteiger partial charge in [-0.25, -0.2) is 4.98 Å². The van der Waals surface area contributed by atoms with Crippen molar-refractivity contribution in [2.24, 2.45) is 16.7 Å². The van der Waals surface area contributed by atoms with Crippen LogP contribution in [0.25, 0.3) is 21.0 Å². The highest BCUT2D eigenvalue weighted by Crippen LogP contribution is 2.35. The van der Waals surface area contributed by atoms with Gasteiger partial charge in [-0.15, -0.1) is 11.3 Å². The van der Waals surface area contributed by atoms with E-state index in [9.17, 15) is 9.59 Å². The molecular formula is C26H29N7O2S. The molecule has 1 aliphatic rings. The van der Waals surface area contributed by atoms with E-state index in [1.165, 1.54) is 10.3 Å². The van der Waals surface area contributed by atoms with Crippen LogP contribution in [0.2, 0.25) is 0 Å². The topological polar surface area (TPSA) is 130 Å². The van der Waals surface area contributed by atoms with E-state index >= 15 is 0 Å². The van der Waals surface area contributed by atoms with Gasteiger partial charge in [0.25, 0.3) is 0 Å². The van der Waals surface area contributed by atoms with Gasteiger partial charge >= 0.3 is 0 Å². The molecule has 5 rings (SSSR count). The quantitative estimate of drug-likeness (QED) is 0.129. The molecule has 0 unspecified atom stereocenters. The second kappa shape index (κ2) is 11.0. The van der Waals surface area contributed by atoms with Gasteiger partial charge in [0.2, 0.25) is 12.3 Å². The molecule has 0 atom stereocenters. The van der Waals surface area contributed by atoms with Crippen LogP contribution >= 0.6 is 11.3 Å². The van der Waals surface area contributed by atoms with Crippen LogP contribution in [-0.4, -0.2) is 59.1 Å². The molecule has 0 saturated carbocycles. The third-order valence-electron chi connectivity index (χ3n) is 6.02. The lowest BCUT2D eigenvalue weighted by atomic mass is 10.1.